The molecule has 0 radical (unpaired) electrons. The number of thioether (sulfide) groups is 1. The Morgan fingerprint density at radius 1 is 1.33 bits per heavy atom. The summed E-state index contributed by atoms with van der Waals surface area (Å²) in [5.41, 5.74) is 2.25. The summed E-state index contributed by atoms with van der Waals surface area (Å²) in [5, 5.41) is 14.8. The predicted molar refractivity (Wildman–Crippen MR) is 134 cm³/mol. The molecule has 0 bridgehead atoms. The van der Waals surface area contributed by atoms with Gasteiger partial charge < -0.3 is 20.3 Å². The third-order valence-electron chi connectivity index (χ3n) is 7.29. The molecule has 1 heterocycles. The molecule has 7 nitrogen and oxygen atoms in total. The summed E-state index contributed by atoms with van der Waals surface area (Å²) in [6.45, 7) is 6.29. The maximum atomic E-state index is 13.1. The summed E-state index contributed by atoms with van der Waals surface area (Å²) in [5.74, 6) is 7.00. The van der Waals surface area contributed by atoms with Gasteiger partial charge in [0.1, 0.15) is 5.75 Å². The molecule has 9 heteroatoms. The highest BCUT2D eigenvalue weighted by molar-refractivity contribution is 8.03. The summed E-state index contributed by atoms with van der Waals surface area (Å²) >= 11 is 6.02. The first kappa shape index (κ1) is 24.0. The van der Waals surface area contributed by atoms with E-state index in [0.717, 1.165) is 47.5 Å². The van der Waals surface area contributed by atoms with Gasteiger partial charge in [-0.3, -0.25) is 9.59 Å². The van der Waals surface area contributed by atoms with Crippen LogP contribution in [0.3, 0.4) is 0 Å². The minimum absolute atomic E-state index is 0.0284. The van der Waals surface area contributed by atoms with Crippen LogP contribution in [0.4, 0.5) is 0 Å². The van der Waals surface area contributed by atoms with Crippen molar-refractivity contribution in [2.75, 3.05) is 25.1 Å². The van der Waals surface area contributed by atoms with Crippen molar-refractivity contribution < 1.29 is 14.7 Å². The van der Waals surface area contributed by atoms with Crippen molar-refractivity contribution >= 4 is 36.2 Å². The number of phenols is 1. The van der Waals surface area contributed by atoms with Gasteiger partial charge in [-0.05, 0) is 55.9 Å². The smallest absolute Gasteiger partial charge is 0.234 e. The van der Waals surface area contributed by atoms with Crippen molar-refractivity contribution in [1.82, 2.24) is 15.2 Å². The maximum absolute atomic E-state index is 13.1. The Kier molecular flexibility index (Phi) is 6.50. The topological polar surface area (TPSA) is 98.9 Å². The first-order valence-corrected chi connectivity index (χ1v) is 12.8. The first-order chi connectivity index (χ1) is 15.7. The zero-order valence-corrected chi connectivity index (χ0v) is 20.8. The fourth-order valence-electron chi connectivity index (χ4n) is 4.78. The van der Waals surface area contributed by atoms with Gasteiger partial charge in [0.05, 0.1) is 21.9 Å². The van der Waals surface area contributed by atoms with Gasteiger partial charge in [0.25, 0.3) is 0 Å². The Balaban J connectivity index is 1.40. The average molecular weight is 489 g/mol. The van der Waals surface area contributed by atoms with Crippen molar-refractivity contribution in [3.8, 4) is 5.75 Å². The fraction of sp³-hybridized carbons (Fsp3) is 0.500. The molecule has 3 aliphatic rings. The molecule has 1 aromatic rings. The van der Waals surface area contributed by atoms with E-state index >= 15 is 0 Å². The van der Waals surface area contributed by atoms with Crippen molar-refractivity contribution in [3.63, 3.8) is 0 Å². The van der Waals surface area contributed by atoms with Crippen LogP contribution in [0, 0.1) is 5.92 Å². The molecule has 1 spiro atoms. The largest absolute Gasteiger partial charge is 0.508 e. The van der Waals surface area contributed by atoms with E-state index in [0.29, 0.717) is 18.1 Å². The SMILES string of the molecule is C=C(SC/C(CS)=C(\C)N1C(=O)[C@@H](CNC(=O)C2(c3ccc(O)cc3)CC2)C12CC2)N(C)N. The van der Waals surface area contributed by atoms with Gasteiger partial charge in [0.15, 0.2) is 0 Å². The monoisotopic (exact) mass is 488 g/mol. The normalized spacial score (nSPS) is 22.4. The van der Waals surface area contributed by atoms with Crippen molar-refractivity contribution in [2.24, 2.45) is 11.8 Å². The molecule has 2 aliphatic carbocycles. The Hall–Kier alpha value is -2.10. The number of allylic oxidation sites excluding steroid dienone is 1. The van der Waals surface area contributed by atoms with Gasteiger partial charge in [0.2, 0.25) is 11.8 Å². The van der Waals surface area contributed by atoms with E-state index in [2.05, 4.69) is 24.5 Å². The number of rotatable bonds is 10. The summed E-state index contributed by atoms with van der Waals surface area (Å²) in [6, 6.07) is 6.84. The third-order valence-corrected chi connectivity index (χ3v) is 8.79. The molecule has 2 amide bonds. The summed E-state index contributed by atoms with van der Waals surface area (Å²) < 4.78 is 0. The summed E-state index contributed by atoms with van der Waals surface area (Å²) in [4.78, 5) is 28.1. The summed E-state index contributed by atoms with van der Waals surface area (Å²) in [6.07, 6.45) is 3.47. The number of phenolic OH excluding ortho intramolecular Hbond substituents is 1. The highest BCUT2D eigenvalue weighted by Crippen LogP contribution is 2.58. The molecular weight excluding hydrogens is 456 g/mol. The van der Waals surface area contributed by atoms with Crippen LogP contribution in [-0.4, -0.2) is 57.5 Å². The lowest BCUT2D eigenvalue weighted by atomic mass is 9.82. The number of hydrazine groups is 1. The lowest BCUT2D eigenvalue weighted by Crippen LogP contribution is -2.65. The number of β-lactam (4-membered cyclic amide) rings is 1. The van der Waals surface area contributed by atoms with Crippen LogP contribution in [0.5, 0.6) is 5.75 Å². The van der Waals surface area contributed by atoms with E-state index < -0.39 is 5.41 Å². The number of hydrogen-bond donors (Lipinski definition) is 4. The zero-order chi connectivity index (χ0) is 24.0. The second-order valence-electron chi connectivity index (χ2n) is 9.31. The molecule has 0 unspecified atom stereocenters. The van der Waals surface area contributed by atoms with Gasteiger partial charge in [-0.25, -0.2) is 5.84 Å². The minimum Gasteiger partial charge on any atom is -0.508 e. The van der Waals surface area contributed by atoms with Crippen LogP contribution < -0.4 is 11.2 Å². The Bertz CT molecular complexity index is 997. The van der Waals surface area contributed by atoms with E-state index in [4.69, 9.17) is 5.84 Å². The number of likely N-dealkylation sites (tertiary alicyclic amines) is 1. The van der Waals surface area contributed by atoms with Crippen LogP contribution >= 0.6 is 24.4 Å². The van der Waals surface area contributed by atoms with Gasteiger partial charge in [-0.15, -0.1) is 11.8 Å². The molecule has 1 aromatic carbocycles. The number of thiol groups is 1. The van der Waals surface area contributed by atoms with Crippen LogP contribution in [0.15, 0.2) is 47.1 Å². The number of nitrogens with one attached hydrogen (secondary N) is 1. The van der Waals surface area contributed by atoms with Gasteiger partial charge in [-0.1, -0.05) is 18.7 Å². The van der Waals surface area contributed by atoms with Crippen molar-refractivity contribution in [2.45, 2.75) is 43.6 Å². The predicted octanol–water partition coefficient (Wildman–Crippen LogP) is 2.74. The minimum atomic E-state index is -0.526. The molecule has 1 saturated heterocycles. The molecule has 33 heavy (non-hydrogen) atoms. The molecule has 1 atom stereocenters. The molecule has 4 N–H and O–H groups in total. The zero-order valence-electron chi connectivity index (χ0n) is 19.1. The number of nitrogens with zero attached hydrogens (tertiary/aromatic N) is 2. The number of carbonyl (C=O) groups is 2. The number of carbonyl (C=O) groups excluding carboxylic acids is 2. The highest BCUT2D eigenvalue weighted by Gasteiger charge is 2.67. The van der Waals surface area contributed by atoms with Crippen LogP contribution in [-0.2, 0) is 15.0 Å². The standard InChI is InChI=1S/C24H32N4O3S2/c1-15(17(13-32)14-33-16(2)27(3)25)28-21(30)20(24(28)10-11-24)12-26-22(31)23(8-9-23)18-4-6-19(29)7-5-18/h4-7,20,29,32H,2,8-14,25H2,1,3H3,(H,26,31)/b17-15+/t20-/m1/s1. The second kappa shape index (κ2) is 8.92. The van der Waals surface area contributed by atoms with Crippen molar-refractivity contribution in [3.05, 3.63) is 52.7 Å². The van der Waals surface area contributed by atoms with Crippen LogP contribution in [0.25, 0.3) is 0 Å². The fourth-order valence-corrected chi connectivity index (χ4v) is 6.13. The molecular formula is C24H32N4O3S2. The maximum Gasteiger partial charge on any atom is 0.234 e. The highest BCUT2D eigenvalue weighted by atomic mass is 32.2. The first-order valence-electron chi connectivity index (χ1n) is 11.2. The lowest BCUT2D eigenvalue weighted by molar-refractivity contribution is -0.155. The van der Waals surface area contributed by atoms with Gasteiger partial charge in [0, 0.05) is 30.8 Å². The van der Waals surface area contributed by atoms with Crippen molar-refractivity contribution in [1.29, 1.82) is 0 Å². The number of benzene rings is 1. The van der Waals surface area contributed by atoms with E-state index in [1.807, 2.05) is 24.0 Å². The quantitative estimate of drug-likeness (QED) is 0.175. The Morgan fingerprint density at radius 3 is 2.48 bits per heavy atom. The van der Waals surface area contributed by atoms with E-state index in [-0.39, 0.29) is 29.0 Å². The molecule has 4 rings (SSSR count). The van der Waals surface area contributed by atoms with E-state index in [1.54, 1.807) is 19.2 Å². The molecule has 2 saturated carbocycles. The van der Waals surface area contributed by atoms with Gasteiger partial charge in [-0.2, -0.15) is 12.6 Å². The Morgan fingerprint density at radius 2 is 1.97 bits per heavy atom. The molecule has 0 aromatic heterocycles. The number of nitrogens with two attached hydrogens (primary N) is 1. The number of amides is 2. The van der Waals surface area contributed by atoms with Gasteiger partial charge >= 0.3 is 0 Å². The van der Waals surface area contributed by atoms with E-state index in [9.17, 15) is 14.7 Å². The van der Waals surface area contributed by atoms with E-state index in [1.165, 1.54) is 16.8 Å². The lowest BCUT2D eigenvalue weighted by Gasteiger charge is -2.49. The number of hydrogen-bond acceptors (Lipinski definition) is 7. The Labute approximate surface area is 204 Å². The molecule has 178 valence electrons. The second-order valence-corrected chi connectivity index (χ2v) is 10.7. The van der Waals surface area contributed by atoms with Crippen LogP contribution in [0.2, 0.25) is 0 Å². The number of aromatic hydroxyl groups is 1. The van der Waals surface area contributed by atoms with Crippen LogP contribution in [0.1, 0.15) is 38.2 Å². The molecule has 1 aliphatic heterocycles. The average Bonchev–Trinajstić information content (AvgIpc) is 3.69. The molecule has 3 fully saturated rings. The third kappa shape index (κ3) is 4.26. The summed E-state index contributed by atoms with van der Waals surface area (Å²) in [7, 11) is 1.75.